The zero-order valence-electron chi connectivity index (χ0n) is 12.3. The van der Waals surface area contributed by atoms with Crippen molar-refractivity contribution in [2.75, 3.05) is 12.3 Å². The number of amides is 1. The Bertz CT molecular complexity index is 487. The van der Waals surface area contributed by atoms with Crippen LogP contribution in [0.15, 0.2) is 24.3 Å². The van der Waals surface area contributed by atoms with E-state index in [0.717, 1.165) is 25.7 Å². The van der Waals surface area contributed by atoms with Crippen molar-refractivity contribution in [1.82, 2.24) is 5.32 Å². The molecule has 4 nitrogen and oxygen atoms in total. The van der Waals surface area contributed by atoms with Gasteiger partial charge in [-0.15, -0.1) is 0 Å². The van der Waals surface area contributed by atoms with Crippen molar-refractivity contribution >= 4 is 11.6 Å². The van der Waals surface area contributed by atoms with Crippen molar-refractivity contribution in [3.8, 4) is 0 Å². The lowest BCUT2D eigenvalue weighted by Gasteiger charge is -2.40. The van der Waals surface area contributed by atoms with Crippen molar-refractivity contribution in [2.45, 2.75) is 45.1 Å². The van der Waals surface area contributed by atoms with Crippen LogP contribution in [0.25, 0.3) is 0 Å². The lowest BCUT2D eigenvalue weighted by molar-refractivity contribution is -0.0233. The maximum Gasteiger partial charge on any atom is 0.253 e. The van der Waals surface area contributed by atoms with Crippen LogP contribution in [0.1, 0.15) is 49.9 Å². The summed E-state index contributed by atoms with van der Waals surface area (Å²) in [5, 5.41) is 13.3. The van der Waals surface area contributed by atoms with Crippen LogP contribution in [0, 0.1) is 5.41 Å². The zero-order chi connectivity index (χ0) is 14.8. The Kier molecular flexibility index (Phi) is 4.04. The number of nitrogens with one attached hydrogen (secondary N) is 1. The van der Waals surface area contributed by atoms with Gasteiger partial charge in [0.15, 0.2) is 0 Å². The van der Waals surface area contributed by atoms with E-state index in [1.165, 1.54) is 0 Å². The number of benzene rings is 1. The highest BCUT2D eigenvalue weighted by molar-refractivity contribution is 5.99. The minimum atomic E-state index is -0.783. The van der Waals surface area contributed by atoms with Crippen LogP contribution >= 0.6 is 0 Å². The molecule has 0 atom stereocenters. The normalized spacial score (nSPS) is 20.4. The number of rotatable bonds is 3. The van der Waals surface area contributed by atoms with E-state index in [9.17, 15) is 9.90 Å². The molecule has 1 aromatic rings. The zero-order valence-corrected chi connectivity index (χ0v) is 12.3. The largest absolute Gasteiger partial charge is 0.398 e. The van der Waals surface area contributed by atoms with E-state index in [0.29, 0.717) is 16.7 Å². The second kappa shape index (κ2) is 5.44. The van der Waals surface area contributed by atoms with Crippen LogP contribution in [0.4, 0.5) is 5.69 Å². The molecule has 0 bridgehead atoms. The topological polar surface area (TPSA) is 75.3 Å². The van der Waals surface area contributed by atoms with Crippen LogP contribution in [0.5, 0.6) is 0 Å². The first-order valence-corrected chi connectivity index (χ1v) is 7.17. The Morgan fingerprint density at radius 1 is 1.25 bits per heavy atom. The number of para-hydroxylation sites is 1. The molecule has 1 aliphatic carbocycles. The number of aliphatic hydroxyl groups is 1. The molecule has 0 aliphatic heterocycles. The van der Waals surface area contributed by atoms with E-state index in [-0.39, 0.29) is 12.5 Å². The number of carbonyl (C=O) groups is 1. The summed E-state index contributed by atoms with van der Waals surface area (Å²) < 4.78 is 0. The van der Waals surface area contributed by atoms with E-state index in [2.05, 4.69) is 19.2 Å². The number of anilines is 1. The summed E-state index contributed by atoms with van der Waals surface area (Å²) in [7, 11) is 0. The van der Waals surface area contributed by atoms with Gasteiger partial charge in [-0.3, -0.25) is 4.79 Å². The van der Waals surface area contributed by atoms with Gasteiger partial charge < -0.3 is 16.2 Å². The van der Waals surface area contributed by atoms with Gasteiger partial charge in [0.25, 0.3) is 5.91 Å². The van der Waals surface area contributed by atoms with E-state index < -0.39 is 5.60 Å². The lowest BCUT2D eigenvalue weighted by atomic mass is 9.71. The Morgan fingerprint density at radius 2 is 1.85 bits per heavy atom. The first-order chi connectivity index (χ1) is 9.31. The van der Waals surface area contributed by atoms with Gasteiger partial charge in [-0.2, -0.15) is 0 Å². The Balaban J connectivity index is 1.92. The second-order valence-corrected chi connectivity index (χ2v) is 6.66. The summed E-state index contributed by atoms with van der Waals surface area (Å²) in [6, 6.07) is 6.97. The van der Waals surface area contributed by atoms with Gasteiger partial charge in [-0.1, -0.05) is 26.0 Å². The third-order valence-electron chi connectivity index (χ3n) is 4.32. The molecule has 0 saturated heterocycles. The van der Waals surface area contributed by atoms with E-state index in [1.54, 1.807) is 24.3 Å². The van der Waals surface area contributed by atoms with Crippen LogP contribution in [0.3, 0.4) is 0 Å². The van der Waals surface area contributed by atoms with Crippen molar-refractivity contribution in [1.29, 1.82) is 0 Å². The molecule has 1 aliphatic rings. The van der Waals surface area contributed by atoms with Crippen LogP contribution < -0.4 is 11.1 Å². The van der Waals surface area contributed by atoms with E-state index in [4.69, 9.17) is 5.73 Å². The summed E-state index contributed by atoms with van der Waals surface area (Å²) in [6.45, 7) is 4.72. The third kappa shape index (κ3) is 3.51. The molecule has 4 N–H and O–H groups in total. The SMILES string of the molecule is CC1(C)CCC(O)(CNC(=O)c2ccccc2N)CC1. The highest BCUT2D eigenvalue weighted by Gasteiger charge is 2.36. The molecule has 0 unspecified atom stereocenters. The molecule has 0 spiro atoms. The lowest BCUT2D eigenvalue weighted by Crippen LogP contribution is -2.46. The molecule has 0 radical (unpaired) electrons. The van der Waals surface area contributed by atoms with Gasteiger partial charge in [0.2, 0.25) is 0 Å². The molecule has 20 heavy (non-hydrogen) atoms. The summed E-state index contributed by atoms with van der Waals surface area (Å²) in [4.78, 5) is 12.1. The number of carbonyl (C=O) groups excluding carboxylic acids is 1. The van der Waals surface area contributed by atoms with Crippen molar-refractivity contribution in [2.24, 2.45) is 5.41 Å². The summed E-state index contributed by atoms with van der Waals surface area (Å²) in [6.07, 6.45) is 3.41. The molecule has 1 saturated carbocycles. The summed E-state index contributed by atoms with van der Waals surface area (Å²) >= 11 is 0. The van der Waals surface area contributed by atoms with Gasteiger partial charge in [0.1, 0.15) is 0 Å². The van der Waals surface area contributed by atoms with E-state index >= 15 is 0 Å². The van der Waals surface area contributed by atoms with Gasteiger partial charge in [-0.05, 0) is 43.2 Å². The Labute approximate surface area is 120 Å². The average Bonchev–Trinajstić information content (AvgIpc) is 2.41. The number of nitrogen functional groups attached to an aromatic ring is 1. The van der Waals surface area contributed by atoms with Crippen molar-refractivity contribution in [3.63, 3.8) is 0 Å². The molecule has 1 aromatic carbocycles. The van der Waals surface area contributed by atoms with Gasteiger partial charge in [0.05, 0.1) is 11.2 Å². The monoisotopic (exact) mass is 276 g/mol. The van der Waals surface area contributed by atoms with Gasteiger partial charge in [-0.25, -0.2) is 0 Å². The summed E-state index contributed by atoms with van der Waals surface area (Å²) in [5.41, 5.74) is 6.21. The number of hydrogen-bond donors (Lipinski definition) is 3. The van der Waals surface area contributed by atoms with Gasteiger partial charge in [0, 0.05) is 12.2 Å². The maximum absolute atomic E-state index is 12.1. The molecular weight excluding hydrogens is 252 g/mol. The molecule has 4 heteroatoms. The van der Waals surface area contributed by atoms with Crippen LogP contribution in [-0.4, -0.2) is 23.2 Å². The van der Waals surface area contributed by atoms with E-state index in [1.807, 2.05) is 0 Å². The predicted molar refractivity (Wildman–Crippen MR) is 80.4 cm³/mol. The molecule has 110 valence electrons. The second-order valence-electron chi connectivity index (χ2n) is 6.66. The number of nitrogens with two attached hydrogens (primary N) is 1. The molecule has 0 aromatic heterocycles. The fourth-order valence-electron chi connectivity index (χ4n) is 2.61. The standard InChI is InChI=1S/C16H24N2O2/c1-15(2)7-9-16(20,10-8-15)11-18-14(19)12-5-3-4-6-13(12)17/h3-6,20H,7-11,17H2,1-2H3,(H,18,19). The minimum Gasteiger partial charge on any atom is -0.398 e. The third-order valence-corrected chi connectivity index (χ3v) is 4.32. The first-order valence-electron chi connectivity index (χ1n) is 7.17. The van der Waals surface area contributed by atoms with Crippen LogP contribution in [-0.2, 0) is 0 Å². The smallest absolute Gasteiger partial charge is 0.253 e. The average molecular weight is 276 g/mol. The number of hydrogen-bond acceptors (Lipinski definition) is 3. The predicted octanol–water partition coefficient (Wildman–Crippen LogP) is 2.33. The van der Waals surface area contributed by atoms with Crippen molar-refractivity contribution in [3.05, 3.63) is 29.8 Å². The molecular formula is C16H24N2O2. The molecule has 1 amide bonds. The fraction of sp³-hybridized carbons (Fsp3) is 0.562. The Morgan fingerprint density at radius 3 is 2.45 bits per heavy atom. The van der Waals surface area contributed by atoms with Gasteiger partial charge >= 0.3 is 0 Å². The van der Waals surface area contributed by atoms with Crippen molar-refractivity contribution < 1.29 is 9.90 Å². The highest BCUT2D eigenvalue weighted by atomic mass is 16.3. The Hall–Kier alpha value is -1.55. The fourth-order valence-corrected chi connectivity index (χ4v) is 2.61. The highest BCUT2D eigenvalue weighted by Crippen LogP contribution is 2.39. The molecule has 1 fully saturated rings. The maximum atomic E-state index is 12.1. The molecule has 0 heterocycles. The quantitative estimate of drug-likeness (QED) is 0.742. The molecule has 2 rings (SSSR count). The summed E-state index contributed by atoms with van der Waals surface area (Å²) in [5.74, 6) is -0.221. The minimum absolute atomic E-state index is 0.221. The first kappa shape index (κ1) is 14.9. The van der Waals surface area contributed by atoms with Crippen LogP contribution in [0.2, 0.25) is 0 Å².